The van der Waals surface area contributed by atoms with E-state index in [0.29, 0.717) is 4.90 Å². The lowest BCUT2D eigenvalue weighted by molar-refractivity contribution is 0.601. The quantitative estimate of drug-likeness (QED) is 0.617. The standard InChI is InChI=1S/C13H17NO2S/c1-3-4-5-10-14-11-12-6-8-13(9-7-12)17(2,15)16/h1,6-9,14H,4-5,10-11H2,2H3. The van der Waals surface area contributed by atoms with E-state index >= 15 is 0 Å². The van der Waals surface area contributed by atoms with E-state index in [-0.39, 0.29) is 0 Å². The molecule has 0 aliphatic carbocycles. The average molecular weight is 251 g/mol. The molecule has 1 N–H and O–H groups in total. The minimum absolute atomic E-state index is 0.355. The molecule has 0 saturated carbocycles. The molecular formula is C13H17NO2S. The lowest BCUT2D eigenvalue weighted by atomic mass is 10.2. The third-order valence-corrected chi connectivity index (χ3v) is 3.48. The maximum Gasteiger partial charge on any atom is 0.175 e. The number of sulfone groups is 1. The molecule has 0 unspecified atom stereocenters. The van der Waals surface area contributed by atoms with Crippen molar-refractivity contribution in [3.8, 4) is 12.3 Å². The highest BCUT2D eigenvalue weighted by atomic mass is 32.2. The maximum atomic E-state index is 11.2. The van der Waals surface area contributed by atoms with Gasteiger partial charge in [0, 0.05) is 19.2 Å². The number of hydrogen-bond donors (Lipinski definition) is 1. The second-order valence-electron chi connectivity index (χ2n) is 3.90. The summed E-state index contributed by atoms with van der Waals surface area (Å²) in [7, 11) is -3.09. The van der Waals surface area contributed by atoms with Crippen LogP contribution in [0.2, 0.25) is 0 Å². The first-order valence-corrected chi connectivity index (χ1v) is 7.36. The van der Waals surface area contributed by atoms with Crippen LogP contribution in [0.4, 0.5) is 0 Å². The van der Waals surface area contributed by atoms with Gasteiger partial charge in [-0.25, -0.2) is 8.42 Å². The third kappa shape index (κ3) is 5.03. The summed E-state index contributed by atoms with van der Waals surface area (Å²) in [5.74, 6) is 2.58. The number of benzene rings is 1. The van der Waals surface area contributed by atoms with E-state index in [9.17, 15) is 8.42 Å². The summed E-state index contributed by atoms with van der Waals surface area (Å²) in [5.41, 5.74) is 1.07. The predicted molar refractivity (Wildman–Crippen MR) is 69.3 cm³/mol. The van der Waals surface area contributed by atoms with Gasteiger partial charge in [-0.15, -0.1) is 12.3 Å². The van der Waals surface area contributed by atoms with Gasteiger partial charge in [0.1, 0.15) is 0 Å². The Kier molecular flexibility index (Phi) is 5.20. The van der Waals surface area contributed by atoms with Crippen molar-refractivity contribution in [3.63, 3.8) is 0 Å². The predicted octanol–water partition coefficient (Wildman–Crippen LogP) is 1.59. The molecule has 0 aliphatic heterocycles. The number of rotatable bonds is 6. The van der Waals surface area contributed by atoms with Gasteiger partial charge in [0.15, 0.2) is 9.84 Å². The molecule has 0 radical (unpaired) electrons. The molecule has 92 valence electrons. The van der Waals surface area contributed by atoms with Crippen LogP contribution in [-0.4, -0.2) is 21.2 Å². The van der Waals surface area contributed by atoms with Crippen molar-refractivity contribution >= 4 is 9.84 Å². The molecule has 1 aromatic carbocycles. The van der Waals surface area contributed by atoms with Gasteiger partial charge in [0.2, 0.25) is 0 Å². The van der Waals surface area contributed by atoms with Gasteiger partial charge >= 0.3 is 0 Å². The van der Waals surface area contributed by atoms with Crippen molar-refractivity contribution in [3.05, 3.63) is 29.8 Å². The van der Waals surface area contributed by atoms with Gasteiger partial charge in [-0.05, 0) is 30.7 Å². The number of terminal acetylenes is 1. The molecule has 17 heavy (non-hydrogen) atoms. The van der Waals surface area contributed by atoms with Crippen molar-refractivity contribution < 1.29 is 8.42 Å². The van der Waals surface area contributed by atoms with Crippen LogP contribution in [0.1, 0.15) is 18.4 Å². The first-order chi connectivity index (χ1) is 8.04. The molecule has 0 fully saturated rings. The summed E-state index contributed by atoms with van der Waals surface area (Å²) in [6, 6.07) is 6.91. The molecule has 0 aromatic heterocycles. The molecule has 0 heterocycles. The summed E-state index contributed by atoms with van der Waals surface area (Å²) in [6.45, 7) is 1.60. The van der Waals surface area contributed by atoms with Gasteiger partial charge in [-0.1, -0.05) is 12.1 Å². The smallest absolute Gasteiger partial charge is 0.175 e. The van der Waals surface area contributed by atoms with Gasteiger partial charge in [0.05, 0.1) is 4.90 Å². The second kappa shape index (κ2) is 6.43. The zero-order valence-electron chi connectivity index (χ0n) is 9.94. The van der Waals surface area contributed by atoms with Crippen LogP contribution in [-0.2, 0) is 16.4 Å². The molecule has 1 rings (SSSR count). The molecule has 0 bridgehead atoms. The van der Waals surface area contributed by atoms with Crippen LogP contribution in [0.3, 0.4) is 0 Å². The summed E-state index contributed by atoms with van der Waals surface area (Å²) in [6.07, 6.45) is 8.09. The summed E-state index contributed by atoms with van der Waals surface area (Å²) in [5, 5.41) is 3.25. The summed E-state index contributed by atoms with van der Waals surface area (Å²) in [4.78, 5) is 0.355. The Hall–Kier alpha value is -1.31. The van der Waals surface area contributed by atoms with Crippen LogP contribution < -0.4 is 5.32 Å². The third-order valence-electron chi connectivity index (χ3n) is 2.36. The van der Waals surface area contributed by atoms with Gasteiger partial charge in [-0.2, -0.15) is 0 Å². The minimum Gasteiger partial charge on any atom is -0.313 e. The van der Waals surface area contributed by atoms with E-state index in [0.717, 1.165) is 31.5 Å². The van der Waals surface area contributed by atoms with E-state index in [1.54, 1.807) is 12.1 Å². The zero-order valence-corrected chi connectivity index (χ0v) is 10.8. The van der Waals surface area contributed by atoms with Gasteiger partial charge in [-0.3, -0.25) is 0 Å². The Morgan fingerprint density at radius 3 is 2.47 bits per heavy atom. The highest BCUT2D eigenvalue weighted by Gasteiger charge is 2.05. The average Bonchev–Trinajstić information content (AvgIpc) is 2.28. The Bertz CT molecular complexity index is 483. The van der Waals surface area contributed by atoms with Gasteiger partial charge in [0.25, 0.3) is 0 Å². The fourth-order valence-corrected chi connectivity index (χ4v) is 2.03. The molecule has 3 nitrogen and oxygen atoms in total. The lowest BCUT2D eigenvalue weighted by Crippen LogP contribution is -2.14. The zero-order chi connectivity index (χ0) is 12.7. The van der Waals surface area contributed by atoms with E-state index < -0.39 is 9.84 Å². The molecule has 4 heteroatoms. The van der Waals surface area contributed by atoms with Gasteiger partial charge < -0.3 is 5.32 Å². The topological polar surface area (TPSA) is 46.2 Å². The minimum atomic E-state index is -3.09. The molecule has 0 aliphatic rings. The lowest BCUT2D eigenvalue weighted by Gasteiger charge is -2.04. The monoisotopic (exact) mass is 251 g/mol. The molecular weight excluding hydrogens is 234 g/mol. The largest absolute Gasteiger partial charge is 0.313 e. The van der Waals surface area contributed by atoms with Crippen molar-refractivity contribution in [2.75, 3.05) is 12.8 Å². The van der Waals surface area contributed by atoms with Crippen LogP contribution in [0, 0.1) is 12.3 Å². The second-order valence-corrected chi connectivity index (χ2v) is 5.92. The van der Waals surface area contributed by atoms with Crippen molar-refractivity contribution in [1.29, 1.82) is 0 Å². The van der Waals surface area contributed by atoms with E-state index in [2.05, 4.69) is 11.2 Å². The molecule has 0 saturated heterocycles. The Morgan fingerprint density at radius 2 is 1.94 bits per heavy atom. The first kappa shape index (κ1) is 13.8. The fraction of sp³-hybridized carbons (Fsp3) is 0.385. The number of unbranched alkanes of at least 4 members (excludes halogenated alkanes) is 1. The molecule has 1 aromatic rings. The normalized spacial score (nSPS) is 11.1. The Morgan fingerprint density at radius 1 is 1.29 bits per heavy atom. The van der Waals surface area contributed by atoms with E-state index in [4.69, 9.17) is 6.42 Å². The van der Waals surface area contributed by atoms with Crippen LogP contribution >= 0.6 is 0 Å². The van der Waals surface area contributed by atoms with E-state index in [1.165, 1.54) is 6.26 Å². The van der Waals surface area contributed by atoms with Crippen LogP contribution in [0.5, 0.6) is 0 Å². The van der Waals surface area contributed by atoms with Crippen molar-refractivity contribution in [2.45, 2.75) is 24.3 Å². The highest BCUT2D eigenvalue weighted by Crippen LogP contribution is 2.10. The maximum absolute atomic E-state index is 11.2. The molecule has 0 amide bonds. The van der Waals surface area contributed by atoms with Crippen molar-refractivity contribution in [1.82, 2.24) is 5.32 Å². The molecule has 0 spiro atoms. The molecule has 0 atom stereocenters. The van der Waals surface area contributed by atoms with E-state index in [1.807, 2.05) is 12.1 Å². The fourth-order valence-electron chi connectivity index (χ4n) is 1.40. The highest BCUT2D eigenvalue weighted by molar-refractivity contribution is 7.90. The SMILES string of the molecule is C#CCCCNCc1ccc(S(C)(=O)=O)cc1. The Labute approximate surface area is 103 Å². The van der Waals surface area contributed by atoms with Crippen LogP contribution in [0.25, 0.3) is 0 Å². The number of nitrogens with one attached hydrogen (secondary N) is 1. The summed E-state index contributed by atoms with van der Waals surface area (Å²) < 4.78 is 22.5. The number of hydrogen-bond acceptors (Lipinski definition) is 3. The Balaban J connectivity index is 2.44. The first-order valence-electron chi connectivity index (χ1n) is 5.47. The van der Waals surface area contributed by atoms with Crippen molar-refractivity contribution in [2.24, 2.45) is 0 Å². The summed E-state index contributed by atoms with van der Waals surface area (Å²) >= 11 is 0. The van der Waals surface area contributed by atoms with Crippen LogP contribution in [0.15, 0.2) is 29.2 Å².